The van der Waals surface area contributed by atoms with Crippen LogP contribution < -0.4 is 0 Å². The molecular weight excluding hydrogens is 661 g/mol. The van der Waals surface area contributed by atoms with Gasteiger partial charge in [0.1, 0.15) is 5.58 Å². The molecule has 5 nitrogen and oxygen atoms in total. The van der Waals surface area contributed by atoms with Crippen LogP contribution in [-0.4, -0.2) is 19.5 Å². The van der Waals surface area contributed by atoms with Gasteiger partial charge in [-0.1, -0.05) is 128 Å². The summed E-state index contributed by atoms with van der Waals surface area (Å²) >= 11 is 0. The molecule has 0 saturated carbocycles. The SMILES string of the molecule is CC1CC=C(c2ccccc2)[N-][N+](Cn2c3ccccc3c3cc4c(cc32)c2ccc3c5ccccc5oc3c2n4-c2ccccc2)=C1c1ccccc1. The van der Waals surface area contributed by atoms with Gasteiger partial charge in [0.25, 0.3) is 0 Å². The van der Waals surface area contributed by atoms with Crippen LogP contribution in [0.15, 0.2) is 174 Å². The van der Waals surface area contributed by atoms with Crippen molar-refractivity contribution in [3.8, 4) is 5.69 Å². The predicted molar refractivity (Wildman–Crippen MR) is 223 cm³/mol. The molecule has 0 spiro atoms. The molecule has 3 aromatic heterocycles. The average molecular weight is 697 g/mol. The molecule has 11 rings (SSSR count). The summed E-state index contributed by atoms with van der Waals surface area (Å²) in [5.41, 5.74) is 17.5. The third-order valence-corrected chi connectivity index (χ3v) is 11.2. The fourth-order valence-electron chi connectivity index (χ4n) is 8.76. The van der Waals surface area contributed by atoms with Gasteiger partial charge < -0.3 is 14.4 Å². The second-order valence-electron chi connectivity index (χ2n) is 14.4. The lowest BCUT2D eigenvalue weighted by Gasteiger charge is -2.25. The molecule has 54 heavy (non-hydrogen) atoms. The first-order chi connectivity index (χ1) is 26.7. The maximum Gasteiger partial charge on any atom is 0.218 e. The van der Waals surface area contributed by atoms with Gasteiger partial charge in [-0.2, -0.15) is 0 Å². The number of furan rings is 1. The van der Waals surface area contributed by atoms with E-state index < -0.39 is 0 Å². The average Bonchev–Trinajstić information content (AvgIpc) is 3.83. The minimum atomic E-state index is 0.257. The van der Waals surface area contributed by atoms with Crippen LogP contribution in [0.25, 0.3) is 82.4 Å². The highest BCUT2D eigenvalue weighted by atomic mass is 16.3. The Labute approximate surface area is 312 Å². The zero-order valence-electron chi connectivity index (χ0n) is 29.9. The van der Waals surface area contributed by atoms with Crippen molar-refractivity contribution >= 4 is 77.0 Å². The van der Waals surface area contributed by atoms with Gasteiger partial charge in [-0.05, 0) is 66.6 Å². The molecule has 7 aromatic carbocycles. The van der Waals surface area contributed by atoms with E-state index in [1.54, 1.807) is 0 Å². The largest absolute Gasteiger partial charge is 0.454 e. The van der Waals surface area contributed by atoms with Crippen molar-refractivity contribution in [3.05, 3.63) is 186 Å². The Balaban J connectivity index is 1.20. The maximum atomic E-state index is 6.70. The Morgan fingerprint density at radius 2 is 1.22 bits per heavy atom. The molecule has 258 valence electrons. The number of benzene rings is 7. The Kier molecular flexibility index (Phi) is 6.89. The first kappa shape index (κ1) is 30.7. The molecule has 0 amide bonds. The molecule has 1 aliphatic heterocycles. The van der Waals surface area contributed by atoms with Gasteiger partial charge in [0.2, 0.25) is 6.67 Å². The summed E-state index contributed by atoms with van der Waals surface area (Å²) in [6, 6.07) is 58.5. The molecule has 1 unspecified atom stereocenters. The molecule has 0 radical (unpaired) electrons. The molecule has 0 fully saturated rings. The van der Waals surface area contributed by atoms with E-state index in [-0.39, 0.29) is 5.92 Å². The molecule has 0 aliphatic carbocycles. The molecule has 0 bridgehead atoms. The van der Waals surface area contributed by atoms with Crippen molar-refractivity contribution in [2.24, 2.45) is 5.92 Å². The zero-order chi connectivity index (χ0) is 35.8. The Hall–Kier alpha value is -6.85. The first-order valence-corrected chi connectivity index (χ1v) is 18.7. The van der Waals surface area contributed by atoms with Crippen LogP contribution in [0.5, 0.6) is 0 Å². The smallest absolute Gasteiger partial charge is 0.218 e. The number of fused-ring (bicyclic) bond motifs is 10. The van der Waals surface area contributed by atoms with E-state index in [4.69, 9.17) is 9.84 Å². The van der Waals surface area contributed by atoms with E-state index in [9.17, 15) is 0 Å². The Bertz CT molecular complexity index is 3130. The second kappa shape index (κ2) is 12.1. The van der Waals surface area contributed by atoms with Crippen molar-refractivity contribution in [3.63, 3.8) is 0 Å². The van der Waals surface area contributed by atoms with Crippen LogP contribution in [0.2, 0.25) is 0 Å². The molecule has 1 atom stereocenters. The highest BCUT2D eigenvalue weighted by molar-refractivity contribution is 6.24. The van der Waals surface area contributed by atoms with E-state index in [1.807, 2.05) is 6.07 Å². The third kappa shape index (κ3) is 4.68. The topological polar surface area (TPSA) is 40.1 Å². The van der Waals surface area contributed by atoms with E-state index >= 15 is 0 Å². The molecule has 1 aliphatic rings. The van der Waals surface area contributed by atoms with Crippen molar-refractivity contribution in [1.29, 1.82) is 0 Å². The lowest BCUT2D eigenvalue weighted by Crippen LogP contribution is -2.26. The maximum absolute atomic E-state index is 6.70. The number of para-hydroxylation sites is 3. The molecule has 5 heteroatoms. The number of aromatic nitrogens is 2. The van der Waals surface area contributed by atoms with Crippen LogP contribution in [0, 0.1) is 5.92 Å². The number of nitrogens with zero attached hydrogens (tertiary/aromatic N) is 4. The number of allylic oxidation sites excluding steroid dienone is 1. The summed E-state index contributed by atoms with van der Waals surface area (Å²) in [7, 11) is 0. The van der Waals surface area contributed by atoms with Gasteiger partial charge in [0, 0.05) is 49.5 Å². The predicted octanol–water partition coefficient (Wildman–Crippen LogP) is 12.6. The van der Waals surface area contributed by atoms with Crippen LogP contribution in [0.3, 0.4) is 0 Å². The minimum absolute atomic E-state index is 0.257. The van der Waals surface area contributed by atoms with Crippen molar-refractivity contribution in [2.45, 2.75) is 20.0 Å². The summed E-state index contributed by atoms with van der Waals surface area (Å²) in [4.78, 5) is 0. The standard InChI is InChI=1S/C49H36N4O/c1-32-25-28-42(33-15-5-2-6-16-33)50-52(47(32)34-17-7-3-8-18-34)31-51-43-23-13-11-21-36(43)40-30-45-41(29-44(40)51)38-26-27-39-37-22-12-14-24-46(37)54-49(39)48(38)53(45)35-19-9-4-10-20-35/h2-24,26-30,32H,25,31H2,1H3. The summed E-state index contributed by atoms with van der Waals surface area (Å²) in [5.74, 6) is 0.257. The fraction of sp³-hybridized carbons (Fsp3) is 0.0816. The van der Waals surface area contributed by atoms with Crippen LogP contribution >= 0.6 is 0 Å². The van der Waals surface area contributed by atoms with E-state index in [1.165, 1.54) is 38.5 Å². The van der Waals surface area contributed by atoms with Crippen LogP contribution in [0.1, 0.15) is 24.5 Å². The molecule has 0 N–H and O–H groups in total. The molecule has 10 aromatic rings. The van der Waals surface area contributed by atoms with Gasteiger partial charge in [-0.15, -0.1) is 0 Å². The van der Waals surface area contributed by atoms with E-state index in [2.05, 4.69) is 185 Å². The quantitative estimate of drug-likeness (QED) is 0.165. The lowest BCUT2D eigenvalue weighted by atomic mass is 9.95. The number of hydrogen-bond donors (Lipinski definition) is 0. The highest BCUT2D eigenvalue weighted by Gasteiger charge is 2.26. The minimum Gasteiger partial charge on any atom is -0.454 e. The summed E-state index contributed by atoms with van der Waals surface area (Å²) < 4.78 is 13.8. The Morgan fingerprint density at radius 3 is 2.02 bits per heavy atom. The summed E-state index contributed by atoms with van der Waals surface area (Å²) in [6.07, 6.45) is 3.20. The van der Waals surface area contributed by atoms with Crippen molar-refractivity contribution in [1.82, 2.24) is 9.13 Å². The number of hydrogen-bond acceptors (Lipinski definition) is 1. The number of rotatable bonds is 5. The van der Waals surface area contributed by atoms with Gasteiger partial charge in [0.05, 0.1) is 22.1 Å². The van der Waals surface area contributed by atoms with E-state index in [0.29, 0.717) is 6.67 Å². The monoisotopic (exact) mass is 696 g/mol. The molecule has 4 heterocycles. The highest BCUT2D eigenvalue weighted by Crippen LogP contribution is 2.43. The zero-order valence-corrected chi connectivity index (χ0v) is 29.9. The summed E-state index contributed by atoms with van der Waals surface area (Å²) in [5, 5.41) is 7.04. The van der Waals surface area contributed by atoms with Gasteiger partial charge in [-0.25, -0.2) is 0 Å². The summed E-state index contributed by atoms with van der Waals surface area (Å²) in [6.45, 7) is 2.88. The Morgan fingerprint density at radius 1 is 0.593 bits per heavy atom. The van der Waals surface area contributed by atoms with Gasteiger partial charge in [0.15, 0.2) is 11.3 Å². The second-order valence-corrected chi connectivity index (χ2v) is 14.4. The van der Waals surface area contributed by atoms with Crippen LogP contribution in [-0.2, 0) is 6.67 Å². The van der Waals surface area contributed by atoms with Crippen molar-refractivity contribution in [2.75, 3.05) is 0 Å². The lowest BCUT2D eigenvalue weighted by molar-refractivity contribution is -0.505. The van der Waals surface area contributed by atoms with Gasteiger partial charge >= 0.3 is 0 Å². The molecule has 0 saturated heterocycles. The molecular formula is C49H36N4O. The normalized spacial score (nSPS) is 15.1. The van der Waals surface area contributed by atoms with E-state index in [0.717, 1.165) is 61.7 Å². The van der Waals surface area contributed by atoms with Gasteiger partial charge in [-0.3, -0.25) is 9.25 Å². The first-order valence-electron chi connectivity index (χ1n) is 18.7. The third-order valence-electron chi connectivity index (χ3n) is 11.2. The van der Waals surface area contributed by atoms with Crippen molar-refractivity contribution < 1.29 is 9.10 Å². The fourth-order valence-corrected chi connectivity index (χ4v) is 8.76. The van der Waals surface area contributed by atoms with Crippen LogP contribution in [0.4, 0.5) is 0 Å².